The Morgan fingerprint density at radius 3 is 2.57 bits per heavy atom. The van der Waals surface area contributed by atoms with Gasteiger partial charge in [0.05, 0.1) is 10.6 Å². The number of aryl methyl sites for hydroxylation is 2. The Kier molecular flexibility index (Phi) is 4.58. The summed E-state index contributed by atoms with van der Waals surface area (Å²) in [6, 6.07) is 10.3. The van der Waals surface area contributed by atoms with Gasteiger partial charge in [-0.2, -0.15) is 0 Å². The minimum Gasteiger partial charge on any atom is -0.399 e. The van der Waals surface area contributed by atoms with Gasteiger partial charge in [0.2, 0.25) is 0 Å². The molecule has 112 valence electrons. The van der Waals surface area contributed by atoms with Gasteiger partial charge in [0, 0.05) is 10.2 Å². The van der Waals surface area contributed by atoms with Crippen molar-refractivity contribution >= 4 is 37.3 Å². The molecular weight excluding hydrogens is 352 g/mol. The van der Waals surface area contributed by atoms with Crippen LogP contribution in [0.4, 0.5) is 11.4 Å². The number of sulfonamides is 1. The summed E-state index contributed by atoms with van der Waals surface area (Å²) in [6.45, 7) is 3.72. The summed E-state index contributed by atoms with van der Waals surface area (Å²) in [5.41, 5.74) is 8.29. The Morgan fingerprint density at radius 2 is 1.90 bits per heavy atom. The largest absolute Gasteiger partial charge is 0.399 e. The predicted octanol–water partition coefficient (Wildman–Crippen LogP) is 3.70. The van der Waals surface area contributed by atoms with E-state index in [0.717, 1.165) is 16.5 Å². The van der Waals surface area contributed by atoms with Gasteiger partial charge in [0.25, 0.3) is 10.0 Å². The number of nitrogens with one attached hydrogen (secondary N) is 1. The molecule has 4 nitrogen and oxygen atoms in total. The number of benzene rings is 2. The van der Waals surface area contributed by atoms with Crippen LogP contribution in [0, 0.1) is 6.92 Å². The zero-order valence-electron chi connectivity index (χ0n) is 11.9. The molecule has 0 aliphatic heterocycles. The van der Waals surface area contributed by atoms with Crippen molar-refractivity contribution in [1.82, 2.24) is 0 Å². The van der Waals surface area contributed by atoms with Gasteiger partial charge in [-0.15, -0.1) is 0 Å². The second kappa shape index (κ2) is 6.07. The molecule has 0 unspecified atom stereocenters. The van der Waals surface area contributed by atoms with Crippen molar-refractivity contribution in [3.8, 4) is 0 Å². The van der Waals surface area contributed by atoms with E-state index >= 15 is 0 Å². The molecule has 0 aliphatic carbocycles. The van der Waals surface area contributed by atoms with Gasteiger partial charge in [-0.3, -0.25) is 4.72 Å². The molecule has 2 rings (SSSR count). The summed E-state index contributed by atoms with van der Waals surface area (Å²) >= 11 is 3.39. The summed E-state index contributed by atoms with van der Waals surface area (Å²) in [4.78, 5) is 0.201. The van der Waals surface area contributed by atoms with Crippen LogP contribution >= 0.6 is 15.9 Å². The lowest BCUT2D eigenvalue weighted by Crippen LogP contribution is -2.15. The fourth-order valence-corrected chi connectivity index (χ4v) is 3.85. The highest BCUT2D eigenvalue weighted by Gasteiger charge is 2.18. The van der Waals surface area contributed by atoms with E-state index in [1.807, 2.05) is 19.1 Å². The molecule has 2 aromatic carbocycles. The van der Waals surface area contributed by atoms with E-state index in [9.17, 15) is 8.42 Å². The van der Waals surface area contributed by atoms with E-state index in [4.69, 9.17) is 5.73 Å². The van der Waals surface area contributed by atoms with E-state index < -0.39 is 10.0 Å². The molecule has 3 N–H and O–H groups in total. The van der Waals surface area contributed by atoms with E-state index in [2.05, 4.69) is 20.7 Å². The Labute approximate surface area is 133 Å². The highest BCUT2D eigenvalue weighted by molar-refractivity contribution is 9.10. The molecule has 0 heterocycles. The smallest absolute Gasteiger partial charge is 0.262 e. The van der Waals surface area contributed by atoms with Crippen molar-refractivity contribution in [2.75, 3.05) is 10.5 Å². The molecule has 0 bridgehead atoms. The Bertz CT molecular complexity index is 773. The minimum atomic E-state index is -3.66. The van der Waals surface area contributed by atoms with Gasteiger partial charge in [-0.1, -0.05) is 28.9 Å². The van der Waals surface area contributed by atoms with E-state index in [1.165, 1.54) is 6.07 Å². The van der Waals surface area contributed by atoms with Crippen molar-refractivity contribution < 1.29 is 8.42 Å². The molecule has 6 heteroatoms. The highest BCUT2D eigenvalue weighted by Crippen LogP contribution is 2.26. The lowest BCUT2D eigenvalue weighted by atomic mass is 10.1. The van der Waals surface area contributed by atoms with Crippen molar-refractivity contribution in [3.05, 3.63) is 52.0 Å². The number of halogens is 1. The third-order valence-corrected chi connectivity index (χ3v) is 5.19. The van der Waals surface area contributed by atoms with Gasteiger partial charge in [-0.05, 0) is 54.8 Å². The van der Waals surface area contributed by atoms with Crippen molar-refractivity contribution in [1.29, 1.82) is 0 Å². The molecular formula is C15H17BrN2O2S. The number of hydrogen-bond donors (Lipinski definition) is 2. The Morgan fingerprint density at radius 1 is 1.19 bits per heavy atom. The maximum absolute atomic E-state index is 12.5. The van der Waals surface area contributed by atoms with Crippen LogP contribution in [0.3, 0.4) is 0 Å². The van der Waals surface area contributed by atoms with Crippen LogP contribution in [0.25, 0.3) is 0 Å². The molecule has 0 saturated carbocycles. The van der Waals surface area contributed by atoms with Gasteiger partial charge >= 0.3 is 0 Å². The molecule has 0 radical (unpaired) electrons. The zero-order chi connectivity index (χ0) is 15.6. The summed E-state index contributed by atoms with van der Waals surface area (Å²) in [5.74, 6) is 0. The standard InChI is InChI=1S/C15H17BrN2O2S/c1-3-11-8-12(16)5-7-14(11)18-21(19,20)15-9-13(17)6-4-10(15)2/h4-9,18H,3,17H2,1-2H3. The number of nitrogens with two attached hydrogens (primary N) is 1. The van der Waals surface area contributed by atoms with Crippen LogP contribution in [-0.4, -0.2) is 8.42 Å². The fraction of sp³-hybridized carbons (Fsp3) is 0.200. The number of nitrogen functional groups attached to an aromatic ring is 1. The first-order chi connectivity index (χ1) is 9.83. The number of hydrogen-bond acceptors (Lipinski definition) is 3. The summed E-state index contributed by atoms with van der Waals surface area (Å²) < 4.78 is 28.7. The van der Waals surface area contributed by atoms with E-state index in [0.29, 0.717) is 16.9 Å². The maximum Gasteiger partial charge on any atom is 0.262 e. The van der Waals surface area contributed by atoms with Gasteiger partial charge in [0.1, 0.15) is 0 Å². The quantitative estimate of drug-likeness (QED) is 0.808. The summed E-state index contributed by atoms with van der Waals surface area (Å²) in [5, 5.41) is 0. The third kappa shape index (κ3) is 3.57. The second-order valence-corrected chi connectivity index (χ2v) is 7.35. The molecule has 2 aromatic rings. The predicted molar refractivity (Wildman–Crippen MR) is 89.9 cm³/mol. The van der Waals surface area contributed by atoms with Crippen LogP contribution in [0.5, 0.6) is 0 Å². The summed E-state index contributed by atoms with van der Waals surface area (Å²) in [6.07, 6.45) is 0.729. The van der Waals surface area contributed by atoms with Crippen molar-refractivity contribution in [3.63, 3.8) is 0 Å². The first-order valence-corrected chi connectivity index (χ1v) is 8.78. The van der Waals surface area contributed by atoms with Crippen LogP contribution in [0.15, 0.2) is 45.8 Å². The van der Waals surface area contributed by atoms with E-state index in [1.54, 1.807) is 25.1 Å². The SMILES string of the molecule is CCc1cc(Br)ccc1NS(=O)(=O)c1cc(N)ccc1C. The topological polar surface area (TPSA) is 72.2 Å². The molecule has 0 aromatic heterocycles. The molecule has 0 spiro atoms. The Balaban J connectivity index is 2.45. The molecule has 21 heavy (non-hydrogen) atoms. The average molecular weight is 369 g/mol. The molecule has 0 atom stereocenters. The average Bonchev–Trinajstić information content (AvgIpc) is 2.43. The maximum atomic E-state index is 12.5. The lowest BCUT2D eigenvalue weighted by molar-refractivity contribution is 0.600. The number of rotatable bonds is 4. The second-order valence-electron chi connectivity index (χ2n) is 4.79. The van der Waals surface area contributed by atoms with Crippen LogP contribution in [-0.2, 0) is 16.4 Å². The first kappa shape index (κ1) is 15.9. The van der Waals surface area contributed by atoms with Gasteiger partial charge in [0.15, 0.2) is 0 Å². The van der Waals surface area contributed by atoms with Crippen LogP contribution in [0.2, 0.25) is 0 Å². The minimum absolute atomic E-state index is 0.201. The van der Waals surface area contributed by atoms with Gasteiger partial charge < -0.3 is 5.73 Å². The monoisotopic (exact) mass is 368 g/mol. The fourth-order valence-electron chi connectivity index (χ4n) is 2.06. The first-order valence-electron chi connectivity index (χ1n) is 6.51. The molecule has 0 amide bonds. The lowest BCUT2D eigenvalue weighted by Gasteiger charge is -2.14. The summed E-state index contributed by atoms with van der Waals surface area (Å²) in [7, 11) is -3.66. The van der Waals surface area contributed by atoms with Gasteiger partial charge in [-0.25, -0.2) is 8.42 Å². The molecule has 0 saturated heterocycles. The zero-order valence-corrected chi connectivity index (χ0v) is 14.3. The normalized spacial score (nSPS) is 11.4. The van der Waals surface area contributed by atoms with Crippen molar-refractivity contribution in [2.45, 2.75) is 25.2 Å². The Hall–Kier alpha value is -1.53. The van der Waals surface area contributed by atoms with Crippen molar-refractivity contribution in [2.24, 2.45) is 0 Å². The van der Waals surface area contributed by atoms with Crippen LogP contribution in [0.1, 0.15) is 18.1 Å². The number of anilines is 2. The molecule has 0 fully saturated rings. The van der Waals surface area contributed by atoms with E-state index in [-0.39, 0.29) is 4.90 Å². The third-order valence-electron chi connectivity index (χ3n) is 3.19. The highest BCUT2D eigenvalue weighted by atomic mass is 79.9. The molecule has 0 aliphatic rings. The van der Waals surface area contributed by atoms with Crippen LogP contribution < -0.4 is 10.5 Å².